The molecule has 0 saturated carbocycles. The van der Waals surface area contributed by atoms with Crippen molar-refractivity contribution in [2.75, 3.05) is 17.4 Å². The minimum Gasteiger partial charge on any atom is -0.478 e. The molecule has 2 rings (SSSR count). The maximum absolute atomic E-state index is 12.3. The number of carbonyl (C=O) groups is 1. The molecule has 0 spiro atoms. The van der Waals surface area contributed by atoms with Crippen molar-refractivity contribution in [1.29, 1.82) is 0 Å². The first-order valence-corrected chi connectivity index (χ1v) is 8.47. The van der Waals surface area contributed by atoms with E-state index in [1.807, 2.05) is 37.3 Å². The molecule has 1 atom stereocenters. The van der Waals surface area contributed by atoms with Crippen molar-refractivity contribution in [3.8, 4) is 0 Å². The highest BCUT2D eigenvalue weighted by Crippen LogP contribution is 2.27. The summed E-state index contributed by atoms with van der Waals surface area (Å²) >= 11 is 1.17. The van der Waals surface area contributed by atoms with Crippen molar-refractivity contribution >= 4 is 28.4 Å². The van der Waals surface area contributed by atoms with Crippen molar-refractivity contribution in [2.45, 2.75) is 13.3 Å². The minimum atomic E-state index is -0.577. The number of nitrogens with two attached hydrogens (primary N) is 1. The number of hydrogen-bond acceptors (Lipinski definition) is 6. The highest BCUT2D eigenvalue weighted by atomic mass is 32.2. The molecule has 1 unspecified atom stereocenters. The smallest absolute Gasteiger partial charge is 0.212 e. The molecule has 0 fully saturated rings. The number of para-hydroxylation sites is 1. The van der Waals surface area contributed by atoms with E-state index in [0.29, 0.717) is 18.2 Å². The summed E-state index contributed by atoms with van der Waals surface area (Å²) < 4.78 is 5.78. The van der Waals surface area contributed by atoms with Gasteiger partial charge in [0.1, 0.15) is 11.8 Å². The average Bonchev–Trinajstić information content (AvgIpc) is 2.59. The standard InChI is InChI=1S/C17H21N3O2S/c1-3-10-22-15-12-14(17(21)23-11-4-2)16(18)19-20(15)13-8-6-5-7-9-13/h4-9,12,14H,2-3,10-11H2,1H3,(H2,18,19). The number of ether oxygens (including phenoxy) is 1. The summed E-state index contributed by atoms with van der Waals surface area (Å²) in [5.74, 6) is 0.764. The fraction of sp³-hybridized carbons (Fsp3) is 0.294. The Kier molecular flexibility index (Phi) is 6.29. The van der Waals surface area contributed by atoms with E-state index >= 15 is 0 Å². The van der Waals surface area contributed by atoms with Crippen molar-refractivity contribution in [3.05, 3.63) is 54.9 Å². The zero-order chi connectivity index (χ0) is 16.7. The topological polar surface area (TPSA) is 67.9 Å². The van der Waals surface area contributed by atoms with Gasteiger partial charge in [0.25, 0.3) is 0 Å². The van der Waals surface area contributed by atoms with Crippen LogP contribution in [0.2, 0.25) is 0 Å². The van der Waals surface area contributed by atoms with E-state index in [0.717, 1.165) is 12.1 Å². The van der Waals surface area contributed by atoms with Crippen molar-refractivity contribution in [1.82, 2.24) is 0 Å². The Balaban J connectivity index is 2.27. The Hall–Kier alpha value is -2.21. The normalized spacial score (nSPS) is 17.3. The van der Waals surface area contributed by atoms with Crippen molar-refractivity contribution in [3.63, 3.8) is 0 Å². The van der Waals surface area contributed by atoms with Crippen LogP contribution in [0.25, 0.3) is 0 Å². The van der Waals surface area contributed by atoms with Crippen LogP contribution >= 0.6 is 11.8 Å². The molecule has 0 radical (unpaired) electrons. The van der Waals surface area contributed by atoms with Crippen LogP contribution in [0.15, 0.2) is 60.0 Å². The fourth-order valence-electron chi connectivity index (χ4n) is 2.02. The highest BCUT2D eigenvalue weighted by Gasteiger charge is 2.29. The Bertz CT molecular complexity index is 614. The second-order valence-corrected chi connectivity index (χ2v) is 5.95. The summed E-state index contributed by atoms with van der Waals surface area (Å²) in [6, 6.07) is 9.57. The number of carbonyl (C=O) groups excluding carboxylic acids is 1. The minimum absolute atomic E-state index is 0.0588. The van der Waals surface area contributed by atoms with Crippen molar-refractivity contribution < 1.29 is 9.53 Å². The van der Waals surface area contributed by atoms with Gasteiger partial charge in [0.05, 0.1) is 12.3 Å². The lowest BCUT2D eigenvalue weighted by Crippen LogP contribution is -2.37. The third kappa shape index (κ3) is 4.39. The van der Waals surface area contributed by atoms with Crippen LogP contribution in [0.5, 0.6) is 0 Å². The molecule has 1 aromatic carbocycles. The molecule has 6 heteroatoms. The van der Waals surface area contributed by atoms with E-state index in [1.165, 1.54) is 11.8 Å². The summed E-state index contributed by atoms with van der Waals surface area (Å²) in [4.78, 5) is 12.3. The van der Waals surface area contributed by atoms with Crippen LogP contribution in [-0.4, -0.2) is 23.3 Å². The monoisotopic (exact) mass is 331 g/mol. The molecule has 1 aliphatic rings. The van der Waals surface area contributed by atoms with Gasteiger partial charge in [-0.05, 0) is 24.6 Å². The zero-order valence-electron chi connectivity index (χ0n) is 13.1. The van der Waals surface area contributed by atoms with E-state index in [9.17, 15) is 4.79 Å². The second-order valence-electron chi connectivity index (χ2n) is 4.92. The first kappa shape index (κ1) is 17.1. The van der Waals surface area contributed by atoms with Crippen LogP contribution in [-0.2, 0) is 9.53 Å². The second kappa shape index (κ2) is 8.43. The fourth-order valence-corrected chi connectivity index (χ4v) is 2.67. The summed E-state index contributed by atoms with van der Waals surface area (Å²) in [6.45, 7) is 6.19. The van der Waals surface area contributed by atoms with Crippen LogP contribution in [0.3, 0.4) is 0 Å². The highest BCUT2D eigenvalue weighted by molar-refractivity contribution is 8.13. The molecule has 0 aliphatic carbocycles. The number of thioether (sulfide) groups is 1. The van der Waals surface area contributed by atoms with Gasteiger partial charge in [0, 0.05) is 5.75 Å². The predicted molar refractivity (Wildman–Crippen MR) is 96.0 cm³/mol. The molecule has 0 amide bonds. The largest absolute Gasteiger partial charge is 0.478 e. The number of anilines is 1. The molecule has 5 nitrogen and oxygen atoms in total. The summed E-state index contributed by atoms with van der Waals surface area (Å²) in [5, 5.41) is 5.94. The molecule has 0 bridgehead atoms. The third-order valence-electron chi connectivity index (χ3n) is 3.10. The van der Waals surface area contributed by atoms with Gasteiger partial charge in [-0.25, -0.2) is 0 Å². The maximum atomic E-state index is 12.3. The van der Waals surface area contributed by atoms with Gasteiger partial charge in [-0.2, -0.15) is 10.1 Å². The number of hydrogen-bond donors (Lipinski definition) is 1. The van der Waals surface area contributed by atoms with E-state index in [2.05, 4.69) is 11.7 Å². The quantitative estimate of drug-likeness (QED) is 0.778. The number of nitrogens with zero attached hydrogens (tertiary/aromatic N) is 2. The first-order valence-electron chi connectivity index (χ1n) is 7.48. The van der Waals surface area contributed by atoms with Gasteiger partial charge in [0.2, 0.25) is 11.0 Å². The van der Waals surface area contributed by atoms with Gasteiger partial charge >= 0.3 is 0 Å². The Morgan fingerprint density at radius 2 is 2.22 bits per heavy atom. The molecule has 1 aromatic rings. The average molecular weight is 331 g/mol. The zero-order valence-corrected chi connectivity index (χ0v) is 14.0. The predicted octanol–water partition coefficient (Wildman–Crippen LogP) is 3.11. The van der Waals surface area contributed by atoms with Crippen LogP contribution in [0.4, 0.5) is 5.69 Å². The molecule has 0 aromatic heterocycles. The third-order valence-corrected chi connectivity index (χ3v) is 4.05. The van der Waals surface area contributed by atoms with Gasteiger partial charge in [-0.15, -0.1) is 6.58 Å². The number of hydrazone groups is 1. The summed E-state index contributed by atoms with van der Waals surface area (Å²) in [6.07, 6.45) is 4.29. The van der Waals surface area contributed by atoms with E-state index < -0.39 is 5.92 Å². The van der Waals surface area contributed by atoms with Gasteiger partial charge < -0.3 is 10.5 Å². The Labute approximate surface area is 140 Å². The molecule has 23 heavy (non-hydrogen) atoms. The van der Waals surface area contributed by atoms with Gasteiger partial charge in [-0.3, -0.25) is 4.79 Å². The van der Waals surface area contributed by atoms with Crippen LogP contribution in [0.1, 0.15) is 13.3 Å². The van der Waals surface area contributed by atoms with Crippen molar-refractivity contribution in [2.24, 2.45) is 16.8 Å². The molecule has 122 valence electrons. The molecule has 1 heterocycles. The number of benzene rings is 1. The lowest BCUT2D eigenvalue weighted by molar-refractivity contribution is -0.111. The molecule has 2 N–H and O–H groups in total. The van der Waals surface area contributed by atoms with E-state index in [-0.39, 0.29) is 11.0 Å². The Morgan fingerprint density at radius 1 is 1.48 bits per heavy atom. The number of rotatable bonds is 7. The Morgan fingerprint density at radius 3 is 2.87 bits per heavy atom. The van der Waals surface area contributed by atoms with Crippen LogP contribution in [0, 0.1) is 5.92 Å². The van der Waals surface area contributed by atoms with E-state index in [4.69, 9.17) is 10.5 Å². The van der Waals surface area contributed by atoms with Crippen LogP contribution < -0.4 is 10.7 Å². The molecule has 1 aliphatic heterocycles. The van der Waals surface area contributed by atoms with E-state index in [1.54, 1.807) is 17.2 Å². The maximum Gasteiger partial charge on any atom is 0.212 e. The first-order chi connectivity index (χ1) is 11.2. The lowest BCUT2D eigenvalue weighted by Gasteiger charge is -2.28. The number of amidine groups is 1. The molecular weight excluding hydrogens is 310 g/mol. The SMILES string of the molecule is C=CCSC(=O)C1C=C(OCCC)N(c2ccccc2)N=C1N. The molecular formula is C17H21N3O2S. The van der Waals surface area contributed by atoms with Gasteiger partial charge in [-0.1, -0.05) is 43.0 Å². The molecule has 0 saturated heterocycles. The lowest BCUT2D eigenvalue weighted by atomic mass is 10.1. The summed E-state index contributed by atoms with van der Waals surface area (Å²) in [5.41, 5.74) is 6.85. The summed E-state index contributed by atoms with van der Waals surface area (Å²) in [7, 11) is 0. The van der Waals surface area contributed by atoms with Gasteiger partial charge in [0.15, 0.2) is 0 Å².